The Bertz CT molecular complexity index is 471. The van der Waals surface area contributed by atoms with Gasteiger partial charge in [-0.1, -0.05) is 13.3 Å². The first kappa shape index (κ1) is 15.2. The van der Waals surface area contributed by atoms with Crippen LogP contribution >= 0.6 is 11.3 Å². The van der Waals surface area contributed by atoms with Gasteiger partial charge in [-0.3, -0.25) is 25.2 Å². The zero-order valence-corrected chi connectivity index (χ0v) is 11.7. The average molecular weight is 283 g/mol. The van der Waals surface area contributed by atoms with E-state index >= 15 is 0 Å². The number of unbranched alkanes of at least 4 members (excludes halogenated alkanes) is 1. The van der Waals surface area contributed by atoms with Gasteiger partial charge < -0.3 is 5.32 Å². The van der Waals surface area contributed by atoms with Crippen molar-refractivity contribution in [3.63, 3.8) is 0 Å². The fourth-order valence-electron chi connectivity index (χ4n) is 1.32. The van der Waals surface area contributed by atoms with E-state index < -0.39 is 5.91 Å². The minimum Gasteiger partial charge on any atom is -0.317 e. The van der Waals surface area contributed by atoms with Gasteiger partial charge in [-0.05, 0) is 17.9 Å². The van der Waals surface area contributed by atoms with Crippen LogP contribution in [-0.2, 0) is 9.59 Å². The molecule has 0 aliphatic heterocycles. The van der Waals surface area contributed by atoms with Crippen molar-refractivity contribution in [3.8, 4) is 0 Å². The van der Waals surface area contributed by atoms with E-state index in [-0.39, 0.29) is 11.8 Å². The Morgan fingerprint density at radius 1 is 1.26 bits per heavy atom. The Balaban J connectivity index is 2.61. The van der Waals surface area contributed by atoms with Crippen molar-refractivity contribution in [2.75, 3.05) is 5.32 Å². The van der Waals surface area contributed by atoms with Crippen LogP contribution < -0.4 is 16.2 Å². The van der Waals surface area contributed by atoms with Crippen LogP contribution in [0.4, 0.5) is 5.00 Å². The summed E-state index contributed by atoms with van der Waals surface area (Å²) in [5.41, 5.74) is 4.80. The van der Waals surface area contributed by atoms with Gasteiger partial charge in [-0.15, -0.1) is 11.3 Å². The Morgan fingerprint density at radius 2 is 2.00 bits per heavy atom. The van der Waals surface area contributed by atoms with E-state index in [0.29, 0.717) is 17.0 Å². The normalized spacial score (nSPS) is 9.79. The smallest absolute Gasteiger partial charge is 0.272 e. The molecule has 1 rings (SSSR count). The van der Waals surface area contributed by atoms with Crippen LogP contribution in [0.1, 0.15) is 43.5 Å². The summed E-state index contributed by atoms with van der Waals surface area (Å²) < 4.78 is 0. The number of hydrazine groups is 1. The minimum absolute atomic E-state index is 0.113. The highest BCUT2D eigenvalue weighted by atomic mass is 32.1. The lowest BCUT2D eigenvalue weighted by molar-refractivity contribution is -0.119. The van der Waals surface area contributed by atoms with Gasteiger partial charge in [0.15, 0.2) is 0 Å². The van der Waals surface area contributed by atoms with Crippen LogP contribution in [0, 0.1) is 0 Å². The molecule has 0 unspecified atom stereocenters. The summed E-state index contributed by atoms with van der Waals surface area (Å²) in [7, 11) is 0. The topological polar surface area (TPSA) is 87.3 Å². The molecule has 0 saturated carbocycles. The van der Waals surface area contributed by atoms with Gasteiger partial charge >= 0.3 is 0 Å². The molecule has 1 aromatic heterocycles. The van der Waals surface area contributed by atoms with Gasteiger partial charge in [0.25, 0.3) is 5.91 Å². The second-order valence-corrected chi connectivity index (χ2v) is 4.87. The molecule has 0 aliphatic carbocycles. The molecule has 3 amide bonds. The van der Waals surface area contributed by atoms with Crippen LogP contribution in [0.15, 0.2) is 11.4 Å². The molecular formula is C12H17N3O3S. The number of rotatable bonds is 5. The van der Waals surface area contributed by atoms with Gasteiger partial charge in [0.1, 0.15) is 5.00 Å². The standard InChI is InChI=1S/C12H17N3O3S/c1-3-4-5-10(17)13-12-9(6-7-19-12)11(18)15-14-8(2)16/h6-7H,3-5H2,1-2H3,(H,13,17)(H,14,16)(H,15,18). The fraction of sp³-hybridized carbons (Fsp3) is 0.417. The minimum atomic E-state index is -0.456. The van der Waals surface area contributed by atoms with Crippen LogP contribution in [0.25, 0.3) is 0 Å². The number of amides is 3. The van der Waals surface area contributed by atoms with Crippen molar-refractivity contribution in [2.24, 2.45) is 0 Å². The lowest BCUT2D eigenvalue weighted by atomic mass is 10.2. The number of carbonyl (C=O) groups excluding carboxylic acids is 3. The molecule has 19 heavy (non-hydrogen) atoms. The molecule has 0 saturated heterocycles. The van der Waals surface area contributed by atoms with Gasteiger partial charge in [0.2, 0.25) is 11.8 Å². The molecule has 1 aromatic rings. The fourth-order valence-corrected chi connectivity index (χ4v) is 2.12. The molecule has 0 fully saturated rings. The van der Waals surface area contributed by atoms with Crippen molar-refractivity contribution in [1.82, 2.24) is 10.9 Å². The number of anilines is 1. The third-order valence-corrected chi connectivity index (χ3v) is 3.10. The van der Waals surface area contributed by atoms with Gasteiger partial charge in [0, 0.05) is 13.3 Å². The lowest BCUT2D eigenvalue weighted by Gasteiger charge is -2.07. The predicted molar refractivity (Wildman–Crippen MR) is 73.8 cm³/mol. The largest absolute Gasteiger partial charge is 0.317 e. The third-order valence-electron chi connectivity index (χ3n) is 2.27. The summed E-state index contributed by atoms with van der Waals surface area (Å²) in [6, 6.07) is 1.59. The molecule has 0 spiro atoms. The first-order valence-electron chi connectivity index (χ1n) is 5.98. The Morgan fingerprint density at radius 3 is 2.63 bits per heavy atom. The van der Waals surface area contributed by atoms with E-state index in [1.54, 1.807) is 11.4 Å². The van der Waals surface area contributed by atoms with Gasteiger partial charge in [-0.2, -0.15) is 0 Å². The van der Waals surface area contributed by atoms with Crippen LogP contribution in [0.5, 0.6) is 0 Å². The molecule has 0 aliphatic rings. The van der Waals surface area contributed by atoms with E-state index in [9.17, 15) is 14.4 Å². The maximum atomic E-state index is 11.8. The molecule has 1 heterocycles. The number of hydrogen-bond acceptors (Lipinski definition) is 4. The predicted octanol–water partition coefficient (Wildman–Crippen LogP) is 1.66. The number of hydrogen-bond donors (Lipinski definition) is 3. The summed E-state index contributed by atoms with van der Waals surface area (Å²) >= 11 is 1.27. The molecule has 0 radical (unpaired) electrons. The van der Waals surface area contributed by atoms with Crippen LogP contribution in [0.3, 0.4) is 0 Å². The zero-order valence-electron chi connectivity index (χ0n) is 10.9. The number of thiophene rings is 1. The van der Waals surface area contributed by atoms with E-state index in [2.05, 4.69) is 16.2 Å². The maximum Gasteiger partial charge on any atom is 0.272 e. The van der Waals surface area contributed by atoms with Crippen molar-refractivity contribution >= 4 is 34.1 Å². The summed E-state index contributed by atoms with van der Waals surface area (Å²) in [6.45, 7) is 3.30. The van der Waals surface area contributed by atoms with Crippen molar-refractivity contribution in [3.05, 3.63) is 17.0 Å². The molecule has 7 heteroatoms. The maximum absolute atomic E-state index is 11.8. The number of nitrogens with one attached hydrogen (secondary N) is 3. The Labute approximate surface area is 115 Å². The summed E-state index contributed by atoms with van der Waals surface area (Å²) in [5, 5.41) is 4.90. The molecular weight excluding hydrogens is 266 g/mol. The Hall–Kier alpha value is -1.89. The monoisotopic (exact) mass is 283 g/mol. The highest BCUT2D eigenvalue weighted by Crippen LogP contribution is 2.23. The van der Waals surface area contributed by atoms with Crippen molar-refractivity contribution in [1.29, 1.82) is 0 Å². The van der Waals surface area contributed by atoms with Crippen LogP contribution in [0.2, 0.25) is 0 Å². The zero-order chi connectivity index (χ0) is 14.3. The number of carbonyl (C=O) groups is 3. The van der Waals surface area contributed by atoms with Gasteiger partial charge in [-0.25, -0.2) is 0 Å². The second kappa shape index (κ2) is 7.52. The Kier molecular flexibility index (Phi) is 6.01. The molecule has 0 bridgehead atoms. The average Bonchev–Trinajstić information content (AvgIpc) is 2.81. The first-order chi connectivity index (χ1) is 9.04. The van der Waals surface area contributed by atoms with Gasteiger partial charge in [0.05, 0.1) is 5.56 Å². The first-order valence-corrected chi connectivity index (χ1v) is 6.86. The second-order valence-electron chi connectivity index (χ2n) is 3.95. The quantitative estimate of drug-likeness (QED) is 0.718. The summed E-state index contributed by atoms with van der Waals surface area (Å²) in [4.78, 5) is 34.1. The van der Waals surface area contributed by atoms with E-state index in [4.69, 9.17) is 0 Å². The molecule has 0 aromatic carbocycles. The lowest BCUT2D eigenvalue weighted by Crippen LogP contribution is -2.40. The van der Waals surface area contributed by atoms with Crippen LogP contribution in [-0.4, -0.2) is 17.7 Å². The molecule has 6 nitrogen and oxygen atoms in total. The summed E-state index contributed by atoms with van der Waals surface area (Å²) in [5.74, 6) is -0.933. The summed E-state index contributed by atoms with van der Waals surface area (Å²) in [6.07, 6.45) is 2.18. The van der Waals surface area contributed by atoms with E-state index in [0.717, 1.165) is 12.8 Å². The van der Waals surface area contributed by atoms with E-state index in [1.807, 2.05) is 6.92 Å². The molecule has 3 N–H and O–H groups in total. The molecule has 0 atom stereocenters. The highest BCUT2D eigenvalue weighted by Gasteiger charge is 2.14. The van der Waals surface area contributed by atoms with Crippen molar-refractivity contribution < 1.29 is 14.4 Å². The molecule has 104 valence electrons. The van der Waals surface area contributed by atoms with E-state index in [1.165, 1.54) is 18.3 Å². The highest BCUT2D eigenvalue weighted by molar-refractivity contribution is 7.14. The van der Waals surface area contributed by atoms with Crippen molar-refractivity contribution in [2.45, 2.75) is 33.1 Å². The third kappa shape index (κ3) is 5.09. The SMILES string of the molecule is CCCCC(=O)Nc1sccc1C(=O)NNC(C)=O.